The molecule has 0 bridgehead atoms. The van der Waals surface area contributed by atoms with Crippen molar-refractivity contribution >= 4 is 22.9 Å². The van der Waals surface area contributed by atoms with Crippen molar-refractivity contribution in [2.45, 2.75) is 33.1 Å². The summed E-state index contributed by atoms with van der Waals surface area (Å²) in [5.41, 5.74) is 8.72. The number of nitrogens with zero attached hydrogens (tertiary/aromatic N) is 1. The van der Waals surface area contributed by atoms with Crippen LogP contribution in [0.2, 0.25) is 0 Å². The highest BCUT2D eigenvalue weighted by Crippen LogP contribution is 2.17. The topological polar surface area (TPSA) is 68.0 Å². The van der Waals surface area contributed by atoms with Gasteiger partial charge in [0.15, 0.2) is 0 Å². The lowest BCUT2D eigenvalue weighted by molar-refractivity contribution is -0.121. The summed E-state index contributed by atoms with van der Waals surface area (Å²) in [6.45, 7) is 4.68. The maximum absolute atomic E-state index is 11.8. The van der Waals surface area contributed by atoms with Crippen LogP contribution in [0.4, 0.5) is 5.69 Å². The molecule has 0 radical (unpaired) electrons. The van der Waals surface area contributed by atoms with Crippen LogP contribution < -0.4 is 11.1 Å². The summed E-state index contributed by atoms with van der Waals surface area (Å²) >= 11 is 1.70. The minimum atomic E-state index is 0.0668. The maximum atomic E-state index is 11.8. The van der Waals surface area contributed by atoms with Gasteiger partial charge in [0, 0.05) is 30.0 Å². The van der Waals surface area contributed by atoms with Crippen molar-refractivity contribution < 1.29 is 4.79 Å². The number of nitrogens with one attached hydrogen (secondary N) is 1. The molecule has 0 aliphatic rings. The molecule has 1 aromatic heterocycles. The molecule has 21 heavy (non-hydrogen) atoms. The summed E-state index contributed by atoms with van der Waals surface area (Å²) in [6, 6.07) is 7.67. The lowest BCUT2D eigenvalue weighted by atomic mass is 10.1. The zero-order chi connectivity index (χ0) is 15.2. The minimum absolute atomic E-state index is 0.0668. The fourth-order valence-corrected chi connectivity index (χ4v) is 3.16. The Hall–Kier alpha value is -1.88. The van der Waals surface area contributed by atoms with Crippen molar-refractivity contribution in [3.63, 3.8) is 0 Å². The van der Waals surface area contributed by atoms with E-state index in [0.29, 0.717) is 19.4 Å². The smallest absolute Gasteiger partial charge is 0.220 e. The van der Waals surface area contributed by atoms with E-state index in [2.05, 4.69) is 10.3 Å². The third-order valence-corrected chi connectivity index (χ3v) is 4.48. The SMILES string of the molecule is Cc1nc(C)c(CCNC(=O)CCc2ccccc2N)s1. The molecule has 1 heterocycles. The quantitative estimate of drug-likeness (QED) is 0.806. The standard InChI is InChI=1S/C16H21N3OS/c1-11-15(21-12(2)19-11)9-10-18-16(20)8-7-13-5-3-4-6-14(13)17/h3-6H,7-10,17H2,1-2H3,(H,18,20). The monoisotopic (exact) mass is 303 g/mol. The number of thiazole rings is 1. The second-order valence-electron chi connectivity index (χ2n) is 5.04. The number of anilines is 1. The van der Waals surface area contributed by atoms with Crippen molar-refractivity contribution in [3.05, 3.63) is 45.4 Å². The van der Waals surface area contributed by atoms with Gasteiger partial charge in [0.05, 0.1) is 10.7 Å². The Morgan fingerprint density at radius 1 is 1.29 bits per heavy atom. The molecule has 0 saturated heterocycles. The van der Waals surface area contributed by atoms with Crippen LogP contribution in [0.5, 0.6) is 0 Å². The molecule has 0 aliphatic carbocycles. The van der Waals surface area contributed by atoms with Crippen molar-refractivity contribution in [1.29, 1.82) is 0 Å². The molecule has 112 valence electrons. The van der Waals surface area contributed by atoms with Gasteiger partial charge in [-0.25, -0.2) is 4.98 Å². The van der Waals surface area contributed by atoms with Crippen molar-refractivity contribution in [3.8, 4) is 0 Å². The molecule has 0 atom stereocenters. The first kappa shape index (κ1) is 15.5. The lowest BCUT2D eigenvalue weighted by Gasteiger charge is -2.06. The van der Waals surface area contributed by atoms with Gasteiger partial charge in [-0.2, -0.15) is 0 Å². The molecular formula is C16H21N3OS. The molecule has 1 aromatic carbocycles. The molecule has 1 amide bonds. The molecule has 3 N–H and O–H groups in total. The normalized spacial score (nSPS) is 10.6. The molecule has 0 saturated carbocycles. The lowest BCUT2D eigenvalue weighted by Crippen LogP contribution is -2.25. The van der Waals surface area contributed by atoms with Gasteiger partial charge >= 0.3 is 0 Å². The molecule has 0 fully saturated rings. The summed E-state index contributed by atoms with van der Waals surface area (Å²) in [5, 5.41) is 4.03. The Balaban J connectivity index is 1.73. The highest BCUT2D eigenvalue weighted by Gasteiger charge is 2.07. The van der Waals surface area contributed by atoms with Gasteiger partial charge in [0.25, 0.3) is 0 Å². The predicted octanol–water partition coefficient (Wildman–Crippen LogP) is 2.63. The Kier molecular flexibility index (Phi) is 5.33. The van der Waals surface area contributed by atoms with E-state index in [-0.39, 0.29) is 5.91 Å². The molecule has 5 heteroatoms. The van der Waals surface area contributed by atoms with Gasteiger partial charge in [-0.05, 0) is 31.9 Å². The second kappa shape index (κ2) is 7.22. The maximum Gasteiger partial charge on any atom is 0.220 e. The van der Waals surface area contributed by atoms with Gasteiger partial charge < -0.3 is 11.1 Å². The fraction of sp³-hybridized carbons (Fsp3) is 0.375. The van der Waals surface area contributed by atoms with Crippen LogP contribution >= 0.6 is 11.3 Å². The zero-order valence-electron chi connectivity index (χ0n) is 12.5. The van der Waals surface area contributed by atoms with Crippen LogP contribution in [-0.4, -0.2) is 17.4 Å². The zero-order valence-corrected chi connectivity index (χ0v) is 13.3. The van der Waals surface area contributed by atoms with Crippen molar-refractivity contribution in [1.82, 2.24) is 10.3 Å². The number of nitrogens with two attached hydrogens (primary N) is 1. The van der Waals surface area contributed by atoms with Crippen molar-refractivity contribution in [2.75, 3.05) is 12.3 Å². The van der Waals surface area contributed by atoms with Gasteiger partial charge in [0.2, 0.25) is 5.91 Å². The number of nitrogen functional groups attached to an aromatic ring is 1. The number of rotatable bonds is 6. The van der Waals surface area contributed by atoms with Crippen LogP contribution in [0.3, 0.4) is 0 Å². The first-order valence-corrected chi connectivity index (χ1v) is 7.91. The average molecular weight is 303 g/mol. The van der Waals surface area contributed by atoms with Crippen LogP contribution in [-0.2, 0) is 17.6 Å². The first-order chi connectivity index (χ1) is 10.1. The molecule has 0 spiro atoms. The Morgan fingerprint density at radius 3 is 2.71 bits per heavy atom. The van der Waals surface area contributed by atoms with Crippen LogP contribution in [0, 0.1) is 13.8 Å². The number of hydrogen-bond acceptors (Lipinski definition) is 4. The van der Waals surface area contributed by atoms with E-state index in [9.17, 15) is 4.79 Å². The van der Waals surface area contributed by atoms with Gasteiger partial charge in [-0.3, -0.25) is 4.79 Å². The van der Waals surface area contributed by atoms with E-state index in [1.807, 2.05) is 38.1 Å². The largest absolute Gasteiger partial charge is 0.399 e. The van der Waals surface area contributed by atoms with E-state index in [4.69, 9.17) is 5.73 Å². The van der Waals surface area contributed by atoms with Crippen LogP contribution in [0.15, 0.2) is 24.3 Å². The third kappa shape index (κ3) is 4.56. The van der Waals surface area contributed by atoms with Gasteiger partial charge in [-0.1, -0.05) is 18.2 Å². The van der Waals surface area contributed by atoms with E-state index in [0.717, 1.165) is 28.4 Å². The third-order valence-electron chi connectivity index (χ3n) is 3.35. The number of aromatic nitrogens is 1. The highest BCUT2D eigenvalue weighted by molar-refractivity contribution is 7.11. The molecule has 2 rings (SSSR count). The number of carbonyl (C=O) groups is 1. The average Bonchev–Trinajstić information content (AvgIpc) is 2.76. The molecule has 2 aromatic rings. The van der Waals surface area contributed by atoms with Crippen LogP contribution in [0.25, 0.3) is 0 Å². The number of carbonyl (C=O) groups excluding carboxylic acids is 1. The predicted molar refractivity (Wildman–Crippen MR) is 87.5 cm³/mol. The molecule has 4 nitrogen and oxygen atoms in total. The highest BCUT2D eigenvalue weighted by atomic mass is 32.1. The van der Waals surface area contributed by atoms with Gasteiger partial charge in [0.1, 0.15) is 0 Å². The Labute approximate surface area is 129 Å². The Bertz CT molecular complexity index is 622. The van der Waals surface area contributed by atoms with E-state index in [1.165, 1.54) is 4.88 Å². The summed E-state index contributed by atoms with van der Waals surface area (Å²) in [5.74, 6) is 0.0668. The first-order valence-electron chi connectivity index (χ1n) is 7.09. The second-order valence-corrected chi connectivity index (χ2v) is 6.33. The Morgan fingerprint density at radius 2 is 2.05 bits per heavy atom. The van der Waals surface area contributed by atoms with Gasteiger partial charge in [-0.15, -0.1) is 11.3 Å². The summed E-state index contributed by atoms with van der Waals surface area (Å²) in [4.78, 5) is 17.5. The number of amides is 1. The summed E-state index contributed by atoms with van der Waals surface area (Å²) < 4.78 is 0. The fourth-order valence-electron chi connectivity index (χ4n) is 2.22. The molecule has 0 aliphatic heterocycles. The van der Waals surface area contributed by atoms with E-state index < -0.39 is 0 Å². The summed E-state index contributed by atoms with van der Waals surface area (Å²) in [6.07, 6.45) is 1.99. The van der Waals surface area contributed by atoms with Crippen molar-refractivity contribution in [2.24, 2.45) is 0 Å². The summed E-state index contributed by atoms with van der Waals surface area (Å²) in [7, 11) is 0. The molecule has 0 unspecified atom stereocenters. The van der Waals surface area contributed by atoms with E-state index >= 15 is 0 Å². The number of para-hydroxylation sites is 1. The number of aryl methyl sites for hydroxylation is 3. The van der Waals surface area contributed by atoms with E-state index in [1.54, 1.807) is 11.3 Å². The molecular weight excluding hydrogens is 282 g/mol. The number of hydrogen-bond donors (Lipinski definition) is 2. The minimum Gasteiger partial charge on any atom is -0.399 e. The van der Waals surface area contributed by atoms with Crippen LogP contribution in [0.1, 0.15) is 27.6 Å². The number of benzene rings is 1.